The van der Waals surface area contributed by atoms with Crippen molar-refractivity contribution < 1.29 is 43.0 Å². The van der Waals surface area contributed by atoms with Gasteiger partial charge >= 0.3 is 11.9 Å². The Kier molecular flexibility index (Phi) is 8.24. The number of allylic oxidation sites excluding steroid dienone is 2. The number of anilines is 2. The lowest BCUT2D eigenvalue weighted by Crippen LogP contribution is -2.32. The van der Waals surface area contributed by atoms with Crippen LogP contribution in [0.15, 0.2) is 109 Å². The summed E-state index contributed by atoms with van der Waals surface area (Å²) in [6.45, 7) is 1.24. The Morgan fingerprint density at radius 1 is 0.640 bits per heavy atom. The van der Waals surface area contributed by atoms with E-state index in [0.29, 0.717) is 16.9 Å². The van der Waals surface area contributed by atoms with Crippen molar-refractivity contribution in [2.24, 2.45) is 23.7 Å². The average Bonchev–Trinajstić information content (AvgIpc) is 3.82. The van der Waals surface area contributed by atoms with Gasteiger partial charge in [0.25, 0.3) is 5.91 Å². The van der Waals surface area contributed by atoms with Crippen LogP contribution in [0.1, 0.15) is 54.8 Å². The van der Waals surface area contributed by atoms with Crippen LogP contribution in [0, 0.1) is 23.7 Å². The van der Waals surface area contributed by atoms with Crippen LogP contribution in [-0.2, 0) is 14.4 Å². The first kappa shape index (κ1) is 32.1. The summed E-state index contributed by atoms with van der Waals surface area (Å²) in [5, 5.41) is 2.76. The number of rotatable bonds is 9. The van der Waals surface area contributed by atoms with Crippen LogP contribution in [0.25, 0.3) is 0 Å². The maximum Gasteiger partial charge on any atom is 0.343 e. The van der Waals surface area contributed by atoms with Crippen molar-refractivity contribution in [3.8, 4) is 11.5 Å². The molecule has 248 valence electrons. The van der Waals surface area contributed by atoms with Crippen LogP contribution in [0.4, 0.5) is 11.4 Å². The van der Waals surface area contributed by atoms with Gasteiger partial charge in [0.15, 0.2) is 0 Å². The van der Waals surface area contributed by atoms with Gasteiger partial charge < -0.3 is 14.8 Å². The van der Waals surface area contributed by atoms with E-state index >= 15 is 0 Å². The minimum atomic E-state index is -0.834. The van der Waals surface area contributed by atoms with E-state index in [-0.39, 0.29) is 63.7 Å². The highest BCUT2D eigenvalue weighted by Gasteiger charge is 2.59. The molecule has 3 aliphatic rings. The maximum absolute atomic E-state index is 13.1. The highest BCUT2D eigenvalue weighted by molar-refractivity contribution is 6.49. The highest BCUT2D eigenvalue weighted by Crippen LogP contribution is 2.53. The van der Waals surface area contributed by atoms with E-state index in [2.05, 4.69) is 5.32 Å². The molecule has 11 heteroatoms. The number of ether oxygens (including phenoxy) is 2. The number of Topliss-reactive ketones (excluding diaryl/α,β-unsaturated/α-hetero) is 2. The Labute approximate surface area is 285 Å². The van der Waals surface area contributed by atoms with Crippen molar-refractivity contribution in [3.63, 3.8) is 0 Å². The maximum atomic E-state index is 13.1. The summed E-state index contributed by atoms with van der Waals surface area (Å²) in [6.07, 6.45) is 4.93. The van der Waals surface area contributed by atoms with E-state index in [1.165, 1.54) is 72.5 Å². The van der Waals surface area contributed by atoms with Gasteiger partial charge in [-0.1, -0.05) is 24.3 Å². The highest BCUT2D eigenvalue weighted by atomic mass is 16.5. The molecule has 1 heterocycles. The van der Waals surface area contributed by atoms with Crippen molar-refractivity contribution in [2.75, 3.05) is 10.2 Å². The largest absolute Gasteiger partial charge is 0.427 e. The molecule has 2 bridgehead atoms. The topological polar surface area (TPSA) is 153 Å². The fourth-order valence-electron chi connectivity index (χ4n) is 6.78. The molecule has 50 heavy (non-hydrogen) atoms. The van der Waals surface area contributed by atoms with Crippen LogP contribution in [0.3, 0.4) is 0 Å². The van der Waals surface area contributed by atoms with Crippen LogP contribution in [-0.4, -0.2) is 41.2 Å². The predicted molar refractivity (Wildman–Crippen MR) is 179 cm³/mol. The second-order valence-electron chi connectivity index (χ2n) is 12.3. The molecule has 0 spiro atoms. The third-order valence-corrected chi connectivity index (χ3v) is 9.13. The number of hydrogen-bond donors (Lipinski definition) is 1. The molecule has 4 atom stereocenters. The Bertz CT molecular complexity index is 2090. The second-order valence-corrected chi connectivity index (χ2v) is 12.3. The number of ketones is 2. The molecular weight excluding hydrogens is 640 g/mol. The summed E-state index contributed by atoms with van der Waals surface area (Å²) >= 11 is 0. The van der Waals surface area contributed by atoms with Gasteiger partial charge in [-0.05, 0) is 103 Å². The Morgan fingerprint density at radius 2 is 1.18 bits per heavy atom. The van der Waals surface area contributed by atoms with Gasteiger partial charge in [0.1, 0.15) is 11.5 Å². The summed E-state index contributed by atoms with van der Waals surface area (Å²) < 4.78 is 10.4. The smallest absolute Gasteiger partial charge is 0.343 e. The number of nitrogens with one attached hydrogen (secondary N) is 1. The molecule has 3 amide bonds. The molecule has 4 aromatic carbocycles. The zero-order valence-corrected chi connectivity index (χ0v) is 26.5. The fourth-order valence-corrected chi connectivity index (χ4v) is 6.78. The fraction of sp³-hybridized carbons (Fsp3) is 0.154. The van der Waals surface area contributed by atoms with Gasteiger partial charge in [0.2, 0.25) is 23.4 Å². The Balaban J connectivity index is 0.946. The van der Waals surface area contributed by atoms with E-state index in [1.54, 1.807) is 36.4 Å². The van der Waals surface area contributed by atoms with Crippen LogP contribution in [0.2, 0.25) is 0 Å². The lowest BCUT2D eigenvalue weighted by atomic mass is 9.85. The summed E-state index contributed by atoms with van der Waals surface area (Å²) in [5.41, 5.74) is 1.29. The van der Waals surface area contributed by atoms with E-state index < -0.39 is 29.4 Å². The summed E-state index contributed by atoms with van der Waals surface area (Å²) in [6, 6.07) is 23.4. The minimum absolute atomic E-state index is 0.00927. The quantitative estimate of drug-likeness (QED) is 0.0612. The van der Waals surface area contributed by atoms with Gasteiger partial charge in [-0.25, -0.2) is 4.79 Å². The van der Waals surface area contributed by atoms with Gasteiger partial charge in [-0.15, -0.1) is 0 Å². The molecule has 4 aromatic rings. The number of carbonyl (C=O) groups is 7. The van der Waals surface area contributed by atoms with E-state index in [0.717, 1.165) is 6.42 Å². The predicted octanol–water partition coefficient (Wildman–Crippen LogP) is 5.46. The molecule has 1 N–H and O–H groups in total. The normalized spacial score (nSPS) is 20.0. The molecule has 0 radical (unpaired) electrons. The van der Waals surface area contributed by atoms with Crippen LogP contribution in [0.5, 0.6) is 11.5 Å². The zero-order valence-electron chi connectivity index (χ0n) is 26.5. The number of hydrogen-bond acceptors (Lipinski definition) is 9. The van der Waals surface area contributed by atoms with Crippen molar-refractivity contribution in [2.45, 2.75) is 13.3 Å². The number of nitrogens with zero attached hydrogens (tertiary/aromatic N) is 1. The molecular formula is C39H28N2O9. The van der Waals surface area contributed by atoms with Crippen molar-refractivity contribution in [1.82, 2.24) is 0 Å². The van der Waals surface area contributed by atoms with Gasteiger partial charge in [0.05, 0.1) is 23.1 Å². The van der Waals surface area contributed by atoms with Gasteiger partial charge in [0, 0.05) is 29.3 Å². The van der Waals surface area contributed by atoms with Crippen LogP contribution >= 0.6 is 0 Å². The minimum Gasteiger partial charge on any atom is -0.427 e. The first-order chi connectivity index (χ1) is 24.1. The van der Waals surface area contributed by atoms with Crippen molar-refractivity contribution in [3.05, 3.63) is 131 Å². The number of imide groups is 1. The number of esters is 2. The SMILES string of the molecule is CC(=O)Oc1ccc(C(=O)C(=O)c2cccc(C(=O)Oc3ccc(NC(=O)c4ccc(N5C(=O)C6C7C=CC(C7)C6C5=O)cc4)cc3)c2)cc1. The molecule has 1 saturated carbocycles. The molecule has 1 aliphatic heterocycles. The van der Waals surface area contributed by atoms with E-state index in [4.69, 9.17) is 9.47 Å². The van der Waals surface area contributed by atoms with Gasteiger partial charge in [-0.3, -0.25) is 33.7 Å². The summed E-state index contributed by atoms with van der Waals surface area (Å²) in [5.74, 6) is -3.71. The van der Waals surface area contributed by atoms with Crippen molar-refractivity contribution >= 4 is 52.6 Å². The standard InChI is InChI=1S/C39H28N2O9/c1-21(42)49-30-15-9-22(10-16-30)34(43)35(44)26-3-2-4-27(20-26)39(48)50-31-17-11-28(12-18-31)40-36(45)23-7-13-29(14-8-23)41-37(46)32-24-5-6-25(19-24)33(32)38(41)47/h2-18,20,24-25,32-33H,19H2,1H3,(H,40,45). The Hall–Kier alpha value is -6.49. The van der Waals surface area contributed by atoms with Crippen LogP contribution < -0.4 is 19.7 Å². The molecule has 1 saturated heterocycles. The van der Waals surface area contributed by atoms with Crippen molar-refractivity contribution in [1.29, 1.82) is 0 Å². The molecule has 11 nitrogen and oxygen atoms in total. The van der Waals surface area contributed by atoms with Gasteiger partial charge in [-0.2, -0.15) is 0 Å². The zero-order chi connectivity index (χ0) is 35.1. The lowest BCUT2D eigenvalue weighted by Gasteiger charge is -2.17. The number of amides is 3. The number of benzene rings is 4. The lowest BCUT2D eigenvalue weighted by molar-refractivity contribution is -0.132. The monoisotopic (exact) mass is 668 g/mol. The molecule has 4 unspecified atom stereocenters. The number of carbonyl (C=O) groups excluding carboxylic acids is 7. The molecule has 2 fully saturated rings. The third-order valence-electron chi connectivity index (χ3n) is 9.13. The first-order valence-corrected chi connectivity index (χ1v) is 15.8. The summed E-state index contributed by atoms with van der Waals surface area (Å²) in [7, 11) is 0. The average molecular weight is 669 g/mol. The second kappa shape index (κ2) is 12.8. The molecule has 2 aliphatic carbocycles. The Morgan fingerprint density at radius 3 is 1.80 bits per heavy atom. The summed E-state index contributed by atoms with van der Waals surface area (Å²) in [4.78, 5) is 90.0. The first-order valence-electron chi connectivity index (χ1n) is 15.8. The molecule has 7 rings (SSSR count). The number of fused-ring (bicyclic) bond motifs is 5. The van der Waals surface area contributed by atoms with E-state index in [9.17, 15) is 33.6 Å². The third kappa shape index (κ3) is 6.00. The molecule has 0 aromatic heterocycles. The van der Waals surface area contributed by atoms with E-state index in [1.807, 2.05) is 12.2 Å².